The summed E-state index contributed by atoms with van der Waals surface area (Å²) in [4.78, 5) is 28.6. The zero-order valence-electron chi connectivity index (χ0n) is 17.1. The van der Waals surface area contributed by atoms with Crippen molar-refractivity contribution < 1.29 is 27.3 Å². The van der Waals surface area contributed by atoms with E-state index in [1.54, 1.807) is 24.3 Å². The monoisotopic (exact) mass is 426 g/mol. The van der Waals surface area contributed by atoms with Crippen LogP contribution in [0.4, 0.5) is 18.9 Å². The van der Waals surface area contributed by atoms with Gasteiger partial charge >= 0.3 is 12.1 Å². The molecular formula is C20H25F3N4O3. The minimum Gasteiger partial charge on any atom is -0.339 e. The summed E-state index contributed by atoms with van der Waals surface area (Å²) < 4.78 is 43.1. The summed E-state index contributed by atoms with van der Waals surface area (Å²) in [6.45, 7) is 5.10. The predicted octanol–water partition coefficient (Wildman–Crippen LogP) is 4.07. The molecule has 0 bridgehead atoms. The molecule has 1 aromatic heterocycles. The third kappa shape index (κ3) is 6.85. The molecular weight excluding hydrogens is 401 g/mol. The first-order chi connectivity index (χ1) is 14.1. The van der Waals surface area contributed by atoms with E-state index in [4.69, 9.17) is 4.52 Å². The van der Waals surface area contributed by atoms with E-state index in [-0.39, 0.29) is 31.3 Å². The molecule has 1 aromatic carbocycles. The van der Waals surface area contributed by atoms with Crippen LogP contribution in [0.25, 0.3) is 0 Å². The van der Waals surface area contributed by atoms with Gasteiger partial charge in [0.2, 0.25) is 11.8 Å². The highest BCUT2D eigenvalue weighted by Crippen LogP contribution is 2.21. The first-order valence-electron chi connectivity index (χ1n) is 9.67. The molecule has 7 nitrogen and oxygen atoms in total. The maximum absolute atomic E-state index is 12.7. The molecule has 164 valence electrons. The molecule has 0 saturated carbocycles. The minimum absolute atomic E-state index is 0.0802. The van der Waals surface area contributed by atoms with E-state index in [0.717, 1.165) is 0 Å². The van der Waals surface area contributed by atoms with Gasteiger partial charge in [-0.1, -0.05) is 31.1 Å². The van der Waals surface area contributed by atoms with Crippen LogP contribution >= 0.6 is 0 Å². The number of rotatable bonds is 9. The van der Waals surface area contributed by atoms with Crippen molar-refractivity contribution in [2.24, 2.45) is 0 Å². The molecule has 0 radical (unpaired) electrons. The Hall–Kier alpha value is -2.91. The lowest BCUT2D eigenvalue weighted by Crippen LogP contribution is -2.40. The maximum Gasteiger partial charge on any atom is 0.471 e. The van der Waals surface area contributed by atoms with Gasteiger partial charge < -0.3 is 14.7 Å². The first kappa shape index (κ1) is 23.4. The van der Waals surface area contributed by atoms with Crippen LogP contribution in [-0.4, -0.2) is 39.6 Å². The Labute approximate surface area is 172 Å². The van der Waals surface area contributed by atoms with Crippen LogP contribution in [0.1, 0.15) is 56.8 Å². The highest BCUT2D eigenvalue weighted by Gasteiger charge is 2.41. The first-order valence-corrected chi connectivity index (χ1v) is 9.67. The molecule has 0 spiro atoms. The Bertz CT molecular complexity index is 865. The fraction of sp³-hybridized carbons (Fsp3) is 0.500. The number of amides is 2. The normalized spacial score (nSPS) is 11.6. The van der Waals surface area contributed by atoms with Crippen LogP contribution in [0.2, 0.25) is 0 Å². The van der Waals surface area contributed by atoms with Crippen LogP contribution < -0.4 is 5.32 Å². The van der Waals surface area contributed by atoms with E-state index < -0.39 is 12.1 Å². The second-order valence-corrected chi connectivity index (χ2v) is 7.12. The largest absolute Gasteiger partial charge is 0.471 e. The highest BCUT2D eigenvalue weighted by atomic mass is 19.4. The lowest BCUT2D eigenvalue weighted by Gasteiger charge is -2.22. The fourth-order valence-corrected chi connectivity index (χ4v) is 2.70. The van der Waals surface area contributed by atoms with Gasteiger partial charge in [0.15, 0.2) is 5.82 Å². The molecule has 2 amide bonds. The summed E-state index contributed by atoms with van der Waals surface area (Å²) in [5.74, 6) is -0.873. The second kappa shape index (κ2) is 10.2. The van der Waals surface area contributed by atoms with Crippen LogP contribution in [0, 0.1) is 0 Å². The number of carbonyl (C=O) groups excluding carboxylic acids is 2. The van der Waals surface area contributed by atoms with Gasteiger partial charge in [0.25, 0.3) is 0 Å². The van der Waals surface area contributed by atoms with Crippen molar-refractivity contribution >= 4 is 17.5 Å². The average Bonchev–Trinajstić information content (AvgIpc) is 3.14. The summed E-state index contributed by atoms with van der Waals surface area (Å²) in [6.07, 6.45) is -3.72. The quantitative estimate of drug-likeness (QED) is 0.653. The molecule has 0 unspecified atom stereocenters. The minimum atomic E-state index is -4.92. The SMILES string of the molecule is CCN(Cc1cccc(NC(=O)CCCc2nc(C(C)C)no2)c1)C(=O)C(F)(F)F. The number of hydrogen-bond acceptors (Lipinski definition) is 5. The van der Waals surface area contributed by atoms with Crippen molar-refractivity contribution in [3.8, 4) is 0 Å². The Balaban J connectivity index is 1.87. The van der Waals surface area contributed by atoms with E-state index in [9.17, 15) is 22.8 Å². The van der Waals surface area contributed by atoms with Crippen LogP contribution in [0.15, 0.2) is 28.8 Å². The zero-order valence-corrected chi connectivity index (χ0v) is 17.1. The fourth-order valence-electron chi connectivity index (χ4n) is 2.70. The Morgan fingerprint density at radius 2 is 2.00 bits per heavy atom. The lowest BCUT2D eigenvalue weighted by atomic mass is 10.1. The number of aryl methyl sites for hydroxylation is 1. The third-order valence-electron chi connectivity index (χ3n) is 4.29. The van der Waals surface area contributed by atoms with E-state index in [0.29, 0.717) is 40.7 Å². The summed E-state index contributed by atoms with van der Waals surface area (Å²) >= 11 is 0. The third-order valence-corrected chi connectivity index (χ3v) is 4.29. The topological polar surface area (TPSA) is 88.3 Å². The number of alkyl halides is 3. The van der Waals surface area contributed by atoms with Crippen LogP contribution in [-0.2, 0) is 22.6 Å². The number of hydrogen-bond donors (Lipinski definition) is 1. The average molecular weight is 426 g/mol. The predicted molar refractivity (Wildman–Crippen MR) is 104 cm³/mol. The van der Waals surface area contributed by atoms with Crippen molar-refractivity contribution in [3.05, 3.63) is 41.5 Å². The Morgan fingerprint density at radius 3 is 2.60 bits per heavy atom. The molecule has 0 fully saturated rings. The zero-order chi connectivity index (χ0) is 22.3. The number of benzene rings is 1. The summed E-state index contributed by atoms with van der Waals surface area (Å²) in [5, 5.41) is 6.58. The molecule has 1 N–H and O–H groups in total. The van der Waals surface area contributed by atoms with Crippen LogP contribution in [0.5, 0.6) is 0 Å². The van der Waals surface area contributed by atoms with Crippen molar-refractivity contribution in [1.29, 1.82) is 0 Å². The summed E-state index contributed by atoms with van der Waals surface area (Å²) in [7, 11) is 0. The van der Waals surface area contributed by atoms with Gasteiger partial charge in [-0.05, 0) is 31.0 Å². The second-order valence-electron chi connectivity index (χ2n) is 7.12. The maximum atomic E-state index is 12.7. The van der Waals surface area contributed by atoms with Gasteiger partial charge in [0, 0.05) is 37.5 Å². The van der Waals surface area contributed by atoms with E-state index in [1.807, 2.05) is 13.8 Å². The molecule has 0 atom stereocenters. The van der Waals surface area contributed by atoms with Gasteiger partial charge in [0.05, 0.1) is 0 Å². The smallest absolute Gasteiger partial charge is 0.339 e. The number of carbonyl (C=O) groups is 2. The van der Waals surface area contributed by atoms with Gasteiger partial charge in [-0.25, -0.2) is 0 Å². The molecule has 1 heterocycles. The summed E-state index contributed by atoms with van der Waals surface area (Å²) in [5.41, 5.74) is 0.937. The number of anilines is 1. The van der Waals surface area contributed by atoms with Crippen molar-refractivity contribution in [1.82, 2.24) is 15.0 Å². The Kier molecular flexibility index (Phi) is 7.96. The molecule has 0 aliphatic carbocycles. The van der Waals surface area contributed by atoms with Gasteiger partial charge in [-0.3, -0.25) is 9.59 Å². The van der Waals surface area contributed by atoms with E-state index >= 15 is 0 Å². The summed E-state index contributed by atoms with van der Waals surface area (Å²) in [6, 6.07) is 6.40. The van der Waals surface area contributed by atoms with Crippen molar-refractivity contribution in [2.45, 2.75) is 58.7 Å². The number of nitrogens with zero attached hydrogens (tertiary/aromatic N) is 3. The molecule has 0 aliphatic rings. The number of nitrogens with one attached hydrogen (secondary N) is 1. The molecule has 10 heteroatoms. The standard InChI is InChI=1S/C20H25F3N4O3/c1-4-27(19(29)20(21,22)23)12-14-7-5-8-15(11-14)24-16(28)9-6-10-17-25-18(13(2)3)26-30-17/h5,7-8,11,13H,4,6,9-10,12H2,1-3H3,(H,24,28). The highest BCUT2D eigenvalue weighted by molar-refractivity contribution is 5.90. The molecule has 2 rings (SSSR count). The van der Waals surface area contributed by atoms with Crippen molar-refractivity contribution in [2.75, 3.05) is 11.9 Å². The van der Waals surface area contributed by atoms with E-state index in [1.165, 1.54) is 6.92 Å². The molecule has 30 heavy (non-hydrogen) atoms. The number of halogens is 3. The Morgan fingerprint density at radius 1 is 1.27 bits per heavy atom. The lowest BCUT2D eigenvalue weighted by molar-refractivity contribution is -0.185. The van der Waals surface area contributed by atoms with Gasteiger partial charge in [0.1, 0.15) is 0 Å². The van der Waals surface area contributed by atoms with Gasteiger partial charge in [-0.2, -0.15) is 18.2 Å². The molecule has 2 aromatic rings. The molecule has 0 aliphatic heterocycles. The number of aromatic nitrogens is 2. The van der Waals surface area contributed by atoms with Gasteiger partial charge in [-0.15, -0.1) is 0 Å². The van der Waals surface area contributed by atoms with E-state index in [2.05, 4.69) is 15.5 Å². The molecule has 0 saturated heterocycles. The van der Waals surface area contributed by atoms with Crippen LogP contribution in [0.3, 0.4) is 0 Å². The van der Waals surface area contributed by atoms with Crippen molar-refractivity contribution in [3.63, 3.8) is 0 Å².